The summed E-state index contributed by atoms with van der Waals surface area (Å²) < 4.78 is 0. The Kier molecular flexibility index (Phi) is 15.7. The van der Waals surface area contributed by atoms with Crippen LogP contribution in [0.2, 0.25) is 0 Å². The van der Waals surface area contributed by atoms with Crippen molar-refractivity contribution < 1.29 is 9.59 Å². The molecule has 6 nitrogen and oxygen atoms in total. The van der Waals surface area contributed by atoms with E-state index in [1.165, 1.54) is 51.4 Å². The highest BCUT2D eigenvalue weighted by Gasteiger charge is 2.27. The van der Waals surface area contributed by atoms with Crippen LogP contribution in [0.5, 0.6) is 0 Å². The van der Waals surface area contributed by atoms with Crippen molar-refractivity contribution in [1.29, 1.82) is 0 Å². The van der Waals surface area contributed by atoms with Crippen LogP contribution in [0.25, 0.3) is 0 Å². The van der Waals surface area contributed by atoms with E-state index >= 15 is 0 Å². The van der Waals surface area contributed by atoms with E-state index in [0.29, 0.717) is 25.9 Å². The van der Waals surface area contributed by atoms with E-state index in [4.69, 9.17) is 11.5 Å². The van der Waals surface area contributed by atoms with Gasteiger partial charge in [0.15, 0.2) is 0 Å². The smallest absolute Gasteiger partial charge is 0.236 e. The van der Waals surface area contributed by atoms with Crippen LogP contribution in [0, 0.1) is 0 Å². The van der Waals surface area contributed by atoms with Crippen LogP contribution in [0.1, 0.15) is 110 Å². The number of rotatable bonds is 17. The maximum atomic E-state index is 12.7. The quantitative estimate of drug-likeness (QED) is 0.309. The lowest BCUT2D eigenvalue weighted by atomic mass is 10.0. The predicted octanol–water partition coefficient (Wildman–Crippen LogP) is 3.86. The largest absolute Gasteiger partial charge is 0.353 e. The molecule has 1 saturated heterocycles. The molecule has 0 radical (unpaired) electrons. The predicted molar refractivity (Wildman–Crippen MR) is 125 cm³/mol. The summed E-state index contributed by atoms with van der Waals surface area (Å²) in [5, 5.41) is 2.96. The Balaban J connectivity index is 2.20. The van der Waals surface area contributed by atoms with Gasteiger partial charge in [0.25, 0.3) is 0 Å². The number of nitrogens with zero attached hydrogens (tertiary/aromatic N) is 1. The monoisotopic (exact) mass is 424 g/mol. The molecule has 1 aliphatic heterocycles. The number of carbonyl (C=O) groups excluding carboxylic acids is 2. The summed E-state index contributed by atoms with van der Waals surface area (Å²) in [4.78, 5) is 26.9. The molecule has 5 N–H and O–H groups in total. The van der Waals surface area contributed by atoms with Crippen LogP contribution in [-0.4, -0.2) is 48.4 Å². The number of unbranched alkanes of at least 4 members (excludes halogenated alkanes) is 9. The van der Waals surface area contributed by atoms with E-state index in [9.17, 15) is 9.59 Å². The van der Waals surface area contributed by atoms with Gasteiger partial charge in [0.2, 0.25) is 11.8 Å². The Morgan fingerprint density at radius 1 is 0.967 bits per heavy atom. The zero-order chi connectivity index (χ0) is 22.0. The zero-order valence-corrected chi connectivity index (χ0v) is 19.5. The minimum absolute atomic E-state index is 0.111. The Bertz CT molecular complexity index is 458. The van der Waals surface area contributed by atoms with Gasteiger partial charge in [0, 0.05) is 25.6 Å². The summed E-state index contributed by atoms with van der Waals surface area (Å²) in [5.41, 5.74) is 11.4. The summed E-state index contributed by atoms with van der Waals surface area (Å²) in [6.07, 6.45) is 17.9. The highest BCUT2D eigenvalue weighted by Crippen LogP contribution is 2.19. The number of piperidine rings is 1. The highest BCUT2D eigenvalue weighted by molar-refractivity contribution is 5.81. The number of hydrogen-bond donors (Lipinski definition) is 3. The maximum absolute atomic E-state index is 12.7. The lowest BCUT2D eigenvalue weighted by Crippen LogP contribution is -2.51. The zero-order valence-electron chi connectivity index (χ0n) is 19.5. The molecule has 1 heterocycles. The number of carbonyl (C=O) groups is 2. The molecule has 2 amide bonds. The van der Waals surface area contributed by atoms with Crippen molar-refractivity contribution in [3.05, 3.63) is 0 Å². The number of nitrogens with one attached hydrogen (secondary N) is 1. The summed E-state index contributed by atoms with van der Waals surface area (Å²) in [6, 6.07) is -0.395. The van der Waals surface area contributed by atoms with Gasteiger partial charge in [-0.25, -0.2) is 0 Å². The maximum Gasteiger partial charge on any atom is 0.236 e. The number of hydrogen-bond acceptors (Lipinski definition) is 4. The molecule has 6 heteroatoms. The van der Waals surface area contributed by atoms with Gasteiger partial charge in [-0.1, -0.05) is 64.7 Å². The molecule has 0 aromatic rings. The first-order chi connectivity index (χ1) is 14.6. The van der Waals surface area contributed by atoms with Crippen molar-refractivity contribution >= 4 is 11.8 Å². The fraction of sp³-hybridized carbons (Fsp3) is 0.917. The molecule has 176 valence electrons. The molecule has 0 aromatic carbocycles. The number of likely N-dealkylation sites (tertiary alicyclic amines) is 1. The SMILES string of the molecule is CCCCCCCCCCCCC(=O)N1CCCCC1CNC(=O)[C@@H](N)CCCN. The van der Waals surface area contributed by atoms with Gasteiger partial charge in [0.05, 0.1) is 6.04 Å². The van der Waals surface area contributed by atoms with Crippen LogP contribution < -0.4 is 16.8 Å². The van der Waals surface area contributed by atoms with Crippen LogP contribution in [0.3, 0.4) is 0 Å². The van der Waals surface area contributed by atoms with E-state index < -0.39 is 6.04 Å². The van der Waals surface area contributed by atoms with E-state index in [2.05, 4.69) is 12.2 Å². The van der Waals surface area contributed by atoms with Gasteiger partial charge in [-0.15, -0.1) is 0 Å². The highest BCUT2D eigenvalue weighted by atomic mass is 16.2. The first-order valence-corrected chi connectivity index (χ1v) is 12.6. The Labute approximate surface area is 184 Å². The average Bonchev–Trinajstić information content (AvgIpc) is 2.77. The molecule has 1 rings (SSSR count). The van der Waals surface area contributed by atoms with Crippen molar-refractivity contribution in [3.63, 3.8) is 0 Å². The third-order valence-electron chi connectivity index (χ3n) is 6.26. The van der Waals surface area contributed by atoms with Gasteiger partial charge in [-0.3, -0.25) is 9.59 Å². The van der Waals surface area contributed by atoms with Crippen LogP contribution in [0.15, 0.2) is 0 Å². The normalized spacial score (nSPS) is 17.7. The molecule has 1 unspecified atom stereocenters. The summed E-state index contributed by atoms with van der Waals surface area (Å²) in [7, 11) is 0. The second-order valence-electron chi connectivity index (χ2n) is 8.95. The van der Waals surface area contributed by atoms with Crippen LogP contribution in [-0.2, 0) is 9.59 Å². The molecule has 1 aliphatic rings. The van der Waals surface area contributed by atoms with Crippen molar-refractivity contribution in [2.45, 2.75) is 122 Å². The van der Waals surface area contributed by atoms with Crippen molar-refractivity contribution in [3.8, 4) is 0 Å². The van der Waals surface area contributed by atoms with Crippen LogP contribution >= 0.6 is 0 Å². The fourth-order valence-electron chi connectivity index (χ4n) is 4.27. The van der Waals surface area contributed by atoms with Gasteiger partial charge in [0.1, 0.15) is 0 Å². The third kappa shape index (κ3) is 11.9. The van der Waals surface area contributed by atoms with E-state index in [0.717, 1.165) is 45.1 Å². The van der Waals surface area contributed by atoms with Crippen molar-refractivity contribution in [2.24, 2.45) is 11.5 Å². The Morgan fingerprint density at radius 3 is 2.23 bits per heavy atom. The number of nitrogens with two attached hydrogens (primary N) is 2. The van der Waals surface area contributed by atoms with Gasteiger partial charge >= 0.3 is 0 Å². The lowest BCUT2D eigenvalue weighted by Gasteiger charge is -2.36. The number of amides is 2. The molecule has 30 heavy (non-hydrogen) atoms. The van der Waals surface area contributed by atoms with E-state index in [1.807, 2.05) is 4.90 Å². The Morgan fingerprint density at radius 2 is 1.60 bits per heavy atom. The van der Waals surface area contributed by atoms with Crippen LogP contribution in [0.4, 0.5) is 0 Å². The molecule has 0 aromatic heterocycles. The molecule has 0 aliphatic carbocycles. The lowest BCUT2D eigenvalue weighted by molar-refractivity contribution is -0.135. The van der Waals surface area contributed by atoms with Gasteiger partial charge in [-0.05, 0) is 45.1 Å². The fourth-order valence-corrected chi connectivity index (χ4v) is 4.27. The van der Waals surface area contributed by atoms with Crippen molar-refractivity contribution in [1.82, 2.24) is 10.2 Å². The van der Waals surface area contributed by atoms with Crippen molar-refractivity contribution in [2.75, 3.05) is 19.6 Å². The molecule has 1 fully saturated rings. The molecule has 2 atom stereocenters. The first kappa shape index (κ1) is 26.9. The third-order valence-corrected chi connectivity index (χ3v) is 6.26. The van der Waals surface area contributed by atoms with Gasteiger partial charge in [-0.2, -0.15) is 0 Å². The Hall–Kier alpha value is -1.14. The molecular formula is C24H48N4O2. The molecule has 0 saturated carbocycles. The topological polar surface area (TPSA) is 101 Å². The van der Waals surface area contributed by atoms with E-state index in [1.54, 1.807) is 0 Å². The second kappa shape index (κ2) is 17.5. The standard InChI is InChI=1S/C24H48N4O2/c1-2-3-4-5-6-7-8-9-10-11-17-23(29)28-19-13-12-15-21(28)20-27-24(30)22(26)16-14-18-25/h21-22H,2-20,25-26H2,1H3,(H,27,30)/t21?,22-/m0/s1. The summed E-state index contributed by atoms with van der Waals surface area (Å²) in [6.45, 7) is 4.13. The minimum atomic E-state index is -0.507. The first-order valence-electron chi connectivity index (χ1n) is 12.6. The van der Waals surface area contributed by atoms with Gasteiger partial charge < -0.3 is 21.7 Å². The second-order valence-corrected chi connectivity index (χ2v) is 8.95. The summed E-state index contributed by atoms with van der Waals surface area (Å²) in [5.74, 6) is 0.122. The summed E-state index contributed by atoms with van der Waals surface area (Å²) >= 11 is 0. The average molecular weight is 425 g/mol. The minimum Gasteiger partial charge on any atom is -0.353 e. The molecule has 0 bridgehead atoms. The molecular weight excluding hydrogens is 376 g/mol. The van der Waals surface area contributed by atoms with E-state index in [-0.39, 0.29) is 17.9 Å². The molecule has 0 spiro atoms.